The van der Waals surface area contributed by atoms with Crippen LogP contribution in [0.4, 0.5) is 5.69 Å². The zero-order valence-corrected chi connectivity index (χ0v) is 19.6. The first-order valence-electron chi connectivity index (χ1n) is 12.1. The molecule has 0 saturated heterocycles. The second-order valence-corrected chi connectivity index (χ2v) is 9.62. The van der Waals surface area contributed by atoms with Crippen LogP contribution in [0.25, 0.3) is 0 Å². The molecule has 0 radical (unpaired) electrons. The number of hydrogen-bond donors (Lipinski definition) is 2. The fourth-order valence-electron chi connectivity index (χ4n) is 5.65. The number of benzene rings is 4. The van der Waals surface area contributed by atoms with Gasteiger partial charge in [-0.2, -0.15) is 0 Å². The first-order chi connectivity index (χ1) is 17.1. The molecule has 1 heterocycles. The summed E-state index contributed by atoms with van der Waals surface area (Å²) in [5.41, 5.74) is 8.69. The van der Waals surface area contributed by atoms with Crippen molar-refractivity contribution >= 4 is 11.7 Å². The molecular weight excluding hydrogens is 434 g/mol. The molecule has 174 valence electrons. The van der Waals surface area contributed by atoms with Crippen LogP contribution in [0.3, 0.4) is 0 Å². The van der Waals surface area contributed by atoms with Crippen molar-refractivity contribution in [3.05, 3.63) is 130 Å². The van der Waals surface area contributed by atoms with Crippen LogP contribution in [0.2, 0.25) is 0 Å². The Morgan fingerprint density at radius 3 is 2.49 bits per heavy atom. The number of rotatable bonds is 5. The lowest BCUT2D eigenvalue weighted by atomic mass is 9.75. The summed E-state index contributed by atoms with van der Waals surface area (Å²) >= 11 is 0. The lowest BCUT2D eigenvalue weighted by Gasteiger charge is -2.38. The molecule has 4 aromatic rings. The van der Waals surface area contributed by atoms with Gasteiger partial charge in [-0.3, -0.25) is 0 Å². The maximum Gasteiger partial charge on any atom is 0.335 e. The number of carboxylic acid groups (broad SMARTS) is 1. The molecule has 4 heteroatoms. The maximum absolute atomic E-state index is 11.7. The maximum atomic E-state index is 11.7. The van der Waals surface area contributed by atoms with Gasteiger partial charge in [0, 0.05) is 11.6 Å². The van der Waals surface area contributed by atoms with Crippen LogP contribution in [0.5, 0.6) is 5.75 Å². The van der Waals surface area contributed by atoms with Crippen LogP contribution >= 0.6 is 0 Å². The SMILES string of the molecule is Cc1ccc(COc2ccc([C@@H]3Nc4ccc(C(=O)O)cc4[C@@H]4c5ccccc5C[C@H]43)cc2)cc1. The van der Waals surface area contributed by atoms with E-state index >= 15 is 0 Å². The Balaban J connectivity index is 1.29. The highest BCUT2D eigenvalue weighted by molar-refractivity contribution is 5.89. The molecule has 0 saturated carbocycles. The summed E-state index contributed by atoms with van der Waals surface area (Å²) in [5, 5.41) is 13.3. The quantitative estimate of drug-likeness (QED) is 0.345. The number of carboxylic acids is 1. The van der Waals surface area contributed by atoms with E-state index in [4.69, 9.17) is 4.74 Å². The lowest BCUT2D eigenvalue weighted by molar-refractivity contribution is 0.0696. The third kappa shape index (κ3) is 3.95. The average Bonchev–Trinajstić information content (AvgIpc) is 3.28. The highest BCUT2D eigenvalue weighted by Gasteiger charge is 2.43. The highest BCUT2D eigenvalue weighted by atomic mass is 16.5. The molecule has 0 amide bonds. The van der Waals surface area contributed by atoms with Gasteiger partial charge in [-0.05, 0) is 77.4 Å². The number of hydrogen-bond acceptors (Lipinski definition) is 3. The molecular formula is C31H27NO3. The van der Waals surface area contributed by atoms with E-state index in [2.05, 4.69) is 72.9 Å². The molecule has 0 unspecified atom stereocenters. The number of fused-ring (bicyclic) bond motifs is 5. The molecule has 0 fully saturated rings. The van der Waals surface area contributed by atoms with Gasteiger partial charge in [0.2, 0.25) is 0 Å². The van der Waals surface area contributed by atoms with Crippen molar-refractivity contribution in [2.45, 2.75) is 31.9 Å². The Kier molecular flexibility index (Phi) is 5.29. The second kappa shape index (κ2) is 8.62. The van der Waals surface area contributed by atoms with E-state index in [-0.39, 0.29) is 12.0 Å². The molecule has 1 aliphatic carbocycles. The van der Waals surface area contributed by atoms with Gasteiger partial charge < -0.3 is 15.2 Å². The molecule has 4 nitrogen and oxygen atoms in total. The van der Waals surface area contributed by atoms with Gasteiger partial charge in [0.25, 0.3) is 0 Å². The zero-order chi connectivity index (χ0) is 23.9. The molecule has 0 bridgehead atoms. The van der Waals surface area contributed by atoms with Gasteiger partial charge in [-0.25, -0.2) is 4.79 Å². The van der Waals surface area contributed by atoms with Crippen LogP contribution in [0.1, 0.15) is 55.7 Å². The molecule has 6 rings (SSSR count). The van der Waals surface area contributed by atoms with Crippen LogP contribution < -0.4 is 10.1 Å². The van der Waals surface area contributed by atoms with Crippen molar-refractivity contribution in [2.75, 3.05) is 5.32 Å². The number of ether oxygens (including phenoxy) is 1. The van der Waals surface area contributed by atoms with Crippen molar-refractivity contribution in [3.8, 4) is 5.75 Å². The van der Waals surface area contributed by atoms with Crippen molar-refractivity contribution < 1.29 is 14.6 Å². The lowest BCUT2D eigenvalue weighted by Crippen LogP contribution is -2.30. The Hall–Kier alpha value is -4.05. The van der Waals surface area contributed by atoms with Crippen molar-refractivity contribution in [2.24, 2.45) is 5.92 Å². The summed E-state index contributed by atoms with van der Waals surface area (Å²) in [5.74, 6) is 0.439. The number of nitrogens with one attached hydrogen (secondary N) is 1. The van der Waals surface area contributed by atoms with Gasteiger partial charge in [0.05, 0.1) is 11.6 Å². The fraction of sp³-hybridized carbons (Fsp3) is 0.194. The Labute approximate surface area is 205 Å². The Morgan fingerprint density at radius 1 is 0.943 bits per heavy atom. The Morgan fingerprint density at radius 2 is 1.71 bits per heavy atom. The summed E-state index contributed by atoms with van der Waals surface area (Å²) < 4.78 is 6.03. The number of anilines is 1. The van der Waals surface area contributed by atoms with E-state index in [0.29, 0.717) is 18.1 Å². The third-order valence-corrected chi connectivity index (χ3v) is 7.41. The topological polar surface area (TPSA) is 58.6 Å². The number of aryl methyl sites for hydroxylation is 1. The molecule has 0 spiro atoms. The van der Waals surface area contributed by atoms with Crippen LogP contribution in [-0.4, -0.2) is 11.1 Å². The highest BCUT2D eigenvalue weighted by Crippen LogP contribution is 2.54. The van der Waals surface area contributed by atoms with E-state index < -0.39 is 5.97 Å². The standard InChI is InChI=1S/C31H27NO3/c1-19-6-8-20(9-7-19)18-35-24-13-10-21(11-14-24)30-27-16-22-4-2-3-5-25(22)29(27)26-17-23(31(33)34)12-15-28(26)32-30/h2-15,17,27,29-30,32H,16,18H2,1H3,(H,33,34)/t27-,29+,30+/m1/s1. The van der Waals surface area contributed by atoms with E-state index in [0.717, 1.165) is 29.0 Å². The summed E-state index contributed by atoms with van der Waals surface area (Å²) in [7, 11) is 0. The summed E-state index contributed by atoms with van der Waals surface area (Å²) in [6.45, 7) is 2.63. The monoisotopic (exact) mass is 461 g/mol. The summed E-state index contributed by atoms with van der Waals surface area (Å²) in [6.07, 6.45) is 0.959. The van der Waals surface area contributed by atoms with Gasteiger partial charge in [0.15, 0.2) is 0 Å². The van der Waals surface area contributed by atoms with Gasteiger partial charge in [0.1, 0.15) is 12.4 Å². The summed E-state index contributed by atoms with van der Waals surface area (Å²) in [6, 6.07) is 31.0. The molecule has 1 aliphatic heterocycles. The minimum Gasteiger partial charge on any atom is -0.489 e. The summed E-state index contributed by atoms with van der Waals surface area (Å²) in [4.78, 5) is 11.7. The van der Waals surface area contributed by atoms with Crippen molar-refractivity contribution in [3.63, 3.8) is 0 Å². The molecule has 2 aliphatic rings. The van der Waals surface area contributed by atoms with Gasteiger partial charge >= 0.3 is 5.97 Å². The molecule has 2 N–H and O–H groups in total. The molecule has 0 aromatic heterocycles. The average molecular weight is 462 g/mol. The van der Waals surface area contributed by atoms with E-state index in [1.54, 1.807) is 6.07 Å². The van der Waals surface area contributed by atoms with E-state index in [1.807, 2.05) is 24.3 Å². The first kappa shape index (κ1) is 21.5. The van der Waals surface area contributed by atoms with Crippen molar-refractivity contribution in [1.29, 1.82) is 0 Å². The normalized spacial score (nSPS) is 19.7. The fourth-order valence-corrected chi connectivity index (χ4v) is 5.65. The molecule has 4 aromatic carbocycles. The third-order valence-electron chi connectivity index (χ3n) is 7.41. The largest absolute Gasteiger partial charge is 0.489 e. The molecule has 3 atom stereocenters. The van der Waals surface area contributed by atoms with E-state index in [1.165, 1.54) is 22.3 Å². The first-order valence-corrected chi connectivity index (χ1v) is 12.1. The van der Waals surface area contributed by atoms with Crippen LogP contribution in [0, 0.1) is 12.8 Å². The van der Waals surface area contributed by atoms with Gasteiger partial charge in [-0.1, -0.05) is 66.2 Å². The second-order valence-electron chi connectivity index (χ2n) is 9.62. The van der Waals surface area contributed by atoms with E-state index in [9.17, 15) is 9.90 Å². The van der Waals surface area contributed by atoms with Gasteiger partial charge in [-0.15, -0.1) is 0 Å². The van der Waals surface area contributed by atoms with Crippen LogP contribution in [-0.2, 0) is 13.0 Å². The zero-order valence-electron chi connectivity index (χ0n) is 19.6. The predicted molar refractivity (Wildman–Crippen MR) is 137 cm³/mol. The Bertz CT molecular complexity index is 1390. The smallest absolute Gasteiger partial charge is 0.335 e. The van der Waals surface area contributed by atoms with Crippen molar-refractivity contribution in [1.82, 2.24) is 0 Å². The molecule has 35 heavy (non-hydrogen) atoms. The van der Waals surface area contributed by atoms with Crippen LogP contribution in [0.15, 0.2) is 91.0 Å². The number of carbonyl (C=O) groups is 1. The minimum atomic E-state index is -0.890. The minimum absolute atomic E-state index is 0.127. The predicted octanol–water partition coefficient (Wildman–Crippen LogP) is 6.74. The number of aromatic carboxylic acids is 1.